The zero-order valence-corrected chi connectivity index (χ0v) is 20.6. The molecule has 0 aromatic heterocycles. The lowest BCUT2D eigenvalue weighted by Crippen LogP contribution is -2.37. The number of imide groups is 1. The van der Waals surface area contributed by atoms with E-state index in [2.05, 4.69) is 17.6 Å². The molecule has 2 amide bonds. The molecule has 1 fully saturated rings. The predicted molar refractivity (Wildman–Crippen MR) is 130 cm³/mol. The van der Waals surface area contributed by atoms with Crippen LogP contribution in [0.1, 0.15) is 40.6 Å². The van der Waals surface area contributed by atoms with Crippen LogP contribution in [0.4, 0.5) is 10.5 Å². The summed E-state index contributed by atoms with van der Waals surface area (Å²) >= 11 is 4.45. The lowest BCUT2D eigenvalue weighted by Gasteiger charge is -2.18. The second-order valence-electron chi connectivity index (χ2n) is 8.21. The first-order valence-electron chi connectivity index (χ1n) is 10.3. The number of benzene rings is 2. The molecule has 11 nitrogen and oxygen atoms in total. The number of cyclic esters (lactones) is 1. The quantitative estimate of drug-likeness (QED) is 0.204. The number of carbonyl (C=O) groups excluding carboxylic acids is 3. The summed E-state index contributed by atoms with van der Waals surface area (Å²) in [7, 11) is -4.24. The topological polar surface area (TPSA) is 171 Å². The van der Waals surface area contributed by atoms with Gasteiger partial charge >= 0.3 is 22.2 Å². The molecule has 1 heterocycles. The fourth-order valence-electron chi connectivity index (χ4n) is 3.21. The summed E-state index contributed by atoms with van der Waals surface area (Å²) in [4.78, 5) is 41.3. The van der Waals surface area contributed by atoms with E-state index in [0.717, 1.165) is 4.90 Å². The number of amides is 2. The molecule has 35 heavy (non-hydrogen) atoms. The van der Waals surface area contributed by atoms with Gasteiger partial charge in [0.1, 0.15) is 5.75 Å². The summed E-state index contributed by atoms with van der Waals surface area (Å²) in [6.07, 6.45) is -0.741. The Balaban J connectivity index is 1.61. The fraction of sp³-hybridized carbons (Fsp3) is 0.273. The number of guanidine groups is 1. The van der Waals surface area contributed by atoms with Crippen LogP contribution in [0.25, 0.3) is 0 Å². The largest absolute Gasteiger partial charge is 0.433 e. The van der Waals surface area contributed by atoms with Crippen molar-refractivity contribution < 1.29 is 31.7 Å². The number of nitrogens with zero attached hydrogens (tertiary/aromatic N) is 2. The third-order valence-corrected chi connectivity index (χ3v) is 6.50. The number of aliphatic imine (C=N–C) groups is 1. The van der Waals surface area contributed by atoms with Gasteiger partial charge in [-0.25, -0.2) is 19.5 Å². The maximum Gasteiger partial charge on any atom is 0.417 e. The number of hydrogen-bond acceptors (Lipinski definition) is 9. The summed E-state index contributed by atoms with van der Waals surface area (Å²) in [5, 5.41) is -0.522. The molecule has 0 aliphatic carbocycles. The molecule has 0 spiro atoms. The number of carbonyl (C=O) groups is 3. The van der Waals surface area contributed by atoms with Crippen LogP contribution in [-0.4, -0.2) is 49.4 Å². The van der Waals surface area contributed by atoms with Crippen molar-refractivity contribution in [1.29, 1.82) is 0 Å². The average Bonchev–Trinajstić information content (AvgIpc) is 2.95. The molecule has 13 heteroatoms. The van der Waals surface area contributed by atoms with Crippen molar-refractivity contribution in [2.24, 2.45) is 16.5 Å². The summed E-state index contributed by atoms with van der Waals surface area (Å²) in [5.74, 6) is -2.21. The van der Waals surface area contributed by atoms with Gasteiger partial charge in [0.15, 0.2) is 11.6 Å². The van der Waals surface area contributed by atoms with Gasteiger partial charge in [-0.05, 0) is 49.2 Å². The number of rotatable bonds is 8. The first-order chi connectivity index (χ1) is 16.3. The van der Waals surface area contributed by atoms with E-state index in [9.17, 15) is 22.8 Å². The van der Waals surface area contributed by atoms with Crippen molar-refractivity contribution >= 4 is 52.4 Å². The van der Waals surface area contributed by atoms with Crippen molar-refractivity contribution in [2.45, 2.75) is 30.5 Å². The van der Waals surface area contributed by atoms with Crippen molar-refractivity contribution in [3.63, 3.8) is 0 Å². The van der Waals surface area contributed by atoms with Crippen LogP contribution in [0.2, 0.25) is 0 Å². The van der Waals surface area contributed by atoms with E-state index in [-0.39, 0.29) is 18.1 Å². The third-order valence-electron chi connectivity index (χ3n) is 4.95. The van der Waals surface area contributed by atoms with Crippen molar-refractivity contribution in [3.05, 3.63) is 65.2 Å². The normalized spacial score (nSPS) is 15.9. The van der Waals surface area contributed by atoms with Crippen LogP contribution in [0, 0.1) is 0 Å². The van der Waals surface area contributed by atoms with Gasteiger partial charge < -0.3 is 20.4 Å². The Kier molecular flexibility index (Phi) is 7.41. The molecule has 0 saturated carbocycles. The molecule has 2 aromatic rings. The highest BCUT2D eigenvalue weighted by Gasteiger charge is 2.47. The maximum absolute atomic E-state index is 12.4. The van der Waals surface area contributed by atoms with Crippen LogP contribution in [0.3, 0.4) is 0 Å². The first-order valence-corrected chi connectivity index (χ1v) is 12.3. The van der Waals surface area contributed by atoms with Gasteiger partial charge in [0, 0.05) is 11.8 Å². The van der Waals surface area contributed by atoms with Gasteiger partial charge in [-0.2, -0.15) is 21.0 Å². The fourth-order valence-corrected chi connectivity index (χ4v) is 4.54. The van der Waals surface area contributed by atoms with Crippen LogP contribution in [0.5, 0.6) is 0 Å². The van der Waals surface area contributed by atoms with Crippen LogP contribution in [0.15, 0.2) is 53.5 Å². The van der Waals surface area contributed by atoms with Gasteiger partial charge in [0.2, 0.25) is 0 Å². The molecule has 3 rings (SSSR count). The predicted octanol–water partition coefficient (Wildman–Crippen LogP) is 2.01. The number of hydrogen-bond donors (Lipinski definition) is 3. The van der Waals surface area contributed by atoms with E-state index in [1.807, 2.05) is 0 Å². The monoisotopic (exact) mass is 520 g/mol. The number of thiol groups is 1. The maximum atomic E-state index is 12.4. The van der Waals surface area contributed by atoms with Crippen molar-refractivity contribution in [3.8, 4) is 0 Å². The molecule has 1 saturated heterocycles. The van der Waals surface area contributed by atoms with Gasteiger partial charge in [0.25, 0.3) is 5.91 Å². The standard InChI is InChI=1S/C22H24N4O7S2/c1-22(2)19(28)26(21(29)32-22)11-17(34)14-5-3-13(4-6-14)12-35(30,31)33-18(27)15-7-9-16(10-8-15)25-20(23)24/h3-10,17,34H,11-12H2,1-2H3,(H4,23,24,25). The Hall–Kier alpha value is -3.58. The van der Waals surface area contributed by atoms with E-state index in [4.69, 9.17) is 20.4 Å². The van der Waals surface area contributed by atoms with E-state index in [1.54, 1.807) is 12.1 Å². The summed E-state index contributed by atoms with van der Waals surface area (Å²) in [6, 6.07) is 11.8. The van der Waals surface area contributed by atoms with Crippen molar-refractivity contribution in [2.75, 3.05) is 6.54 Å². The highest BCUT2D eigenvalue weighted by molar-refractivity contribution is 7.86. The minimum Gasteiger partial charge on any atom is -0.433 e. The van der Waals surface area contributed by atoms with Crippen LogP contribution in [-0.2, 0) is 29.6 Å². The van der Waals surface area contributed by atoms with E-state index in [1.165, 1.54) is 50.2 Å². The minimum atomic E-state index is -4.24. The molecule has 0 bridgehead atoms. The van der Waals surface area contributed by atoms with Crippen LogP contribution < -0.4 is 11.5 Å². The summed E-state index contributed by atoms with van der Waals surface area (Å²) in [6.45, 7) is 3.00. The molecule has 1 atom stereocenters. The average molecular weight is 521 g/mol. The minimum absolute atomic E-state index is 0.00884. The Bertz CT molecular complexity index is 1270. The lowest BCUT2D eigenvalue weighted by molar-refractivity contribution is -0.134. The lowest BCUT2D eigenvalue weighted by atomic mass is 10.1. The molecule has 1 aliphatic heterocycles. The highest BCUT2D eigenvalue weighted by atomic mass is 32.2. The molecule has 186 valence electrons. The van der Waals surface area contributed by atoms with Gasteiger partial charge in [-0.15, -0.1) is 0 Å². The SMILES string of the molecule is CC1(C)OC(=O)N(CC(S)c2ccc(CS(=O)(=O)OC(=O)c3ccc(N=C(N)N)cc3)cc2)C1=O. The smallest absolute Gasteiger partial charge is 0.417 e. The zero-order valence-electron chi connectivity index (χ0n) is 18.9. The molecule has 2 aromatic carbocycles. The van der Waals surface area contributed by atoms with E-state index < -0.39 is 44.7 Å². The molecule has 1 unspecified atom stereocenters. The number of nitrogens with two attached hydrogens (primary N) is 2. The highest BCUT2D eigenvalue weighted by Crippen LogP contribution is 2.29. The molecule has 4 N–H and O–H groups in total. The molecular weight excluding hydrogens is 496 g/mol. The molecule has 1 aliphatic rings. The first kappa shape index (κ1) is 26.0. The Morgan fingerprint density at radius 2 is 1.71 bits per heavy atom. The second-order valence-corrected chi connectivity index (χ2v) is 10.4. The van der Waals surface area contributed by atoms with Gasteiger partial charge in [-0.3, -0.25) is 4.79 Å². The third kappa shape index (κ3) is 6.51. The Morgan fingerprint density at radius 1 is 1.11 bits per heavy atom. The summed E-state index contributed by atoms with van der Waals surface area (Å²) < 4.78 is 34.5. The summed E-state index contributed by atoms with van der Waals surface area (Å²) in [5.41, 5.74) is 10.7. The Labute approximate surface area is 207 Å². The zero-order chi connectivity index (χ0) is 26.0. The van der Waals surface area contributed by atoms with Gasteiger partial charge in [-0.1, -0.05) is 24.3 Å². The van der Waals surface area contributed by atoms with E-state index in [0.29, 0.717) is 16.8 Å². The molecule has 0 radical (unpaired) electrons. The van der Waals surface area contributed by atoms with Gasteiger partial charge in [0.05, 0.1) is 11.3 Å². The molecular formula is C22H24N4O7S2. The second kappa shape index (κ2) is 9.96. The number of ether oxygens (including phenoxy) is 1. The van der Waals surface area contributed by atoms with Crippen LogP contribution >= 0.6 is 12.6 Å². The van der Waals surface area contributed by atoms with Crippen molar-refractivity contribution in [1.82, 2.24) is 4.90 Å². The Morgan fingerprint density at radius 3 is 2.23 bits per heavy atom. The van der Waals surface area contributed by atoms with E-state index >= 15 is 0 Å².